The molecule has 0 unspecified atom stereocenters. The van der Waals surface area contributed by atoms with Gasteiger partial charge in [-0.1, -0.05) is 51.1 Å². The van der Waals surface area contributed by atoms with Crippen LogP contribution in [-0.4, -0.2) is 48.8 Å². The molecule has 1 aliphatic rings. The third kappa shape index (κ3) is 9.02. The molecule has 8 nitrogen and oxygen atoms in total. The number of benzene rings is 1. The Morgan fingerprint density at radius 3 is 2.03 bits per heavy atom. The summed E-state index contributed by atoms with van der Waals surface area (Å²) in [5.41, 5.74) is -0.0814. The van der Waals surface area contributed by atoms with Crippen LogP contribution in [0.4, 0.5) is 0 Å². The average molecular weight is 517 g/mol. The van der Waals surface area contributed by atoms with Gasteiger partial charge in [0.25, 0.3) is 0 Å². The Labute approximate surface area is 219 Å². The molecule has 0 saturated carbocycles. The van der Waals surface area contributed by atoms with Crippen molar-refractivity contribution in [2.24, 2.45) is 0 Å². The quantitative estimate of drug-likeness (QED) is 0.193. The van der Waals surface area contributed by atoms with Crippen LogP contribution in [0, 0.1) is 0 Å². The van der Waals surface area contributed by atoms with Crippen molar-refractivity contribution >= 4 is 23.9 Å². The van der Waals surface area contributed by atoms with Crippen LogP contribution >= 0.6 is 0 Å². The molecule has 0 spiro atoms. The van der Waals surface area contributed by atoms with Gasteiger partial charge >= 0.3 is 23.9 Å². The van der Waals surface area contributed by atoms with E-state index in [0.717, 1.165) is 12.0 Å². The van der Waals surface area contributed by atoms with E-state index in [2.05, 4.69) is 0 Å². The second kappa shape index (κ2) is 15.2. The first-order valence-corrected chi connectivity index (χ1v) is 13.2. The number of aryl methyl sites for hydroxylation is 1. The van der Waals surface area contributed by atoms with Crippen LogP contribution < -0.4 is 0 Å². The molecule has 1 aliphatic carbocycles. The van der Waals surface area contributed by atoms with Gasteiger partial charge in [-0.2, -0.15) is 0 Å². The highest BCUT2D eigenvalue weighted by Crippen LogP contribution is 2.38. The topological polar surface area (TPSA) is 105 Å². The second-order valence-corrected chi connectivity index (χ2v) is 9.31. The molecule has 0 aliphatic heterocycles. The molecule has 0 saturated heterocycles. The molecule has 1 aromatic rings. The van der Waals surface area contributed by atoms with E-state index in [1.165, 1.54) is 7.11 Å². The molecular formula is C29H40O8. The van der Waals surface area contributed by atoms with Crippen molar-refractivity contribution < 1.29 is 38.1 Å². The third-order valence-electron chi connectivity index (χ3n) is 6.13. The maximum absolute atomic E-state index is 13.1. The number of esters is 4. The Morgan fingerprint density at radius 1 is 0.838 bits per heavy atom. The lowest BCUT2D eigenvalue weighted by Gasteiger charge is -2.40. The maximum atomic E-state index is 13.1. The lowest BCUT2D eigenvalue weighted by atomic mass is 9.80. The molecule has 0 fully saturated rings. The van der Waals surface area contributed by atoms with Crippen molar-refractivity contribution in [3.8, 4) is 0 Å². The van der Waals surface area contributed by atoms with Gasteiger partial charge in [-0.05, 0) is 55.7 Å². The van der Waals surface area contributed by atoms with Gasteiger partial charge in [0.05, 0.1) is 7.11 Å². The zero-order valence-electron chi connectivity index (χ0n) is 22.5. The van der Waals surface area contributed by atoms with Crippen molar-refractivity contribution in [1.29, 1.82) is 0 Å². The minimum absolute atomic E-state index is 0.116. The Balaban J connectivity index is 2.49. The van der Waals surface area contributed by atoms with Crippen molar-refractivity contribution in [2.45, 2.75) is 103 Å². The summed E-state index contributed by atoms with van der Waals surface area (Å²) in [4.78, 5) is 50.7. The van der Waals surface area contributed by atoms with Gasteiger partial charge in [0.1, 0.15) is 6.10 Å². The lowest BCUT2D eigenvalue weighted by molar-refractivity contribution is -0.188. The predicted molar refractivity (Wildman–Crippen MR) is 137 cm³/mol. The highest BCUT2D eigenvalue weighted by Gasteiger charge is 2.52. The molecule has 0 heterocycles. The maximum Gasteiger partial charge on any atom is 0.354 e. The fraction of sp³-hybridized carbons (Fsp3) is 0.586. The first-order valence-electron chi connectivity index (χ1n) is 13.2. The fourth-order valence-electron chi connectivity index (χ4n) is 4.42. The molecule has 0 amide bonds. The minimum atomic E-state index is -1.78. The summed E-state index contributed by atoms with van der Waals surface area (Å²) in [6.45, 7) is 5.55. The molecule has 204 valence electrons. The highest BCUT2D eigenvalue weighted by atomic mass is 16.6. The molecule has 0 aromatic heterocycles. The second-order valence-electron chi connectivity index (χ2n) is 9.31. The molecule has 0 bridgehead atoms. The van der Waals surface area contributed by atoms with E-state index in [-0.39, 0.29) is 25.7 Å². The SMILES string of the molecule is CCCC(=O)O[C@@H]1C(CCCc2ccccc2)=C[C@@](OC(=O)CCC)(C(=O)OC)C[C@H]1OC(=O)CCC. The molecule has 8 heteroatoms. The van der Waals surface area contributed by atoms with Crippen molar-refractivity contribution in [1.82, 2.24) is 0 Å². The van der Waals surface area contributed by atoms with E-state index >= 15 is 0 Å². The zero-order chi connectivity index (χ0) is 27.3. The molecular weight excluding hydrogens is 476 g/mol. The first kappa shape index (κ1) is 30.1. The predicted octanol–water partition coefficient (Wildman–Crippen LogP) is 5.02. The summed E-state index contributed by atoms with van der Waals surface area (Å²) < 4.78 is 22.3. The summed E-state index contributed by atoms with van der Waals surface area (Å²) in [5.74, 6) is -2.24. The summed E-state index contributed by atoms with van der Waals surface area (Å²) in [6, 6.07) is 9.91. The summed E-state index contributed by atoms with van der Waals surface area (Å²) in [5, 5.41) is 0. The zero-order valence-corrected chi connectivity index (χ0v) is 22.5. The Hall–Kier alpha value is -3.16. The smallest absolute Gasteiger partial charge is 0.354 e. The van der Waals surface area contributed by atoms with E-state index in [4.69, 9.17) is 18.9 Å². The minimum Gasteiger partial charge on any atom is -0.466 e. The molecule has 1 aromatic carbocycles. The van der Waals surface area contributed by atoms with Crippen molar-refractivity contribution in [3.63, 3.8) is 0 Å². The Kier molecular flexibility index (Phi) is 12.3. The number of ether oxygens (including phenoxy) is 4. The number of methoxy groups -OCH3 is 1. The molecule has 37 heavy (non-hydrogen) atoms. The number of hydrogen-bond acceptors (Lipinski definition) is 8. The van der Waals surface area contributed by atoms with Gasteiger partial charge in [0.15, 0.2) is 6.10 Å². The Morgan fingerprint density at radius 2 is 1.43 bits per heavy atom. The van der Waals surface area contributed by atoms with Crippen LogP contribution in [0.2, 0.25) is 0 Å². The van der Waals surface area contributed by atoms with E-state index in [1.807, 2.05) is 51.1 Å². The number of hydrogen-bond donors (Lipinski definition) is 0. The monoisotopic (exact) mass is 516 g/mol. The normalized spacial score (nSPS) is 20.9. The van der Waals surface area contributed by atoms with Gasteiger partial charge in [0.2, 0.25) is 5.60 Å². The van der Waals surface area contributed by atoms with Gasteiger partial charge in [-0.15, -0.1) is 0 Å². The van der Waals surface area contributed by atoms with Gasteiger partial charge in [0, 0.05) is 25.7 Å². The summed E-state index contributed by atoms with van der Waals surface area (Å²) in [6.07, 6.45) is 3.50. The standard InChI is InChI=1S/C29H40O8/c1-5-12-24(30)35-23-20-29(28(33)34-4,37-26(32)14-7-3)19-22(27(23)36-25(31)13-6-2)18-11-17-21-15-9-8-10-16-21/h8-10,15-16,19,23,27H,5-7,11-14,17-18,20H2,1-4H3/t23-,27-,29+/m1/s1. The molecule has 3 atom stereocenters. The summed E-state index contributed by atoms with van der Waals surface area (Å²) >= 11 is 0. The number of carbonyl (C=O) groups excluding carboxylic acids is 4. The van der Waals surface area contributed by atoms with Crippen molar-refractivity contribution in [3.05, 3.63) is 47.5 Å². The van der Waals surface area contributed by atoms with Crippen LogP contribution in [0.3, 0.4) is 0 Å². The van der Waals surface area contributed by atoms with E-state index in [1.54, 1.807) is 6.08 Å². The van der Waals surface area contributed by atoms with Crippen LogP contribution in [0.25, 0.3) is 0 Å². The first-order chi connectivity index (χ1) is 17.8. The van der Waals surface area contributed by atoms with Crippen LogP contribution in [0.5, 0.6) is 0 Å². The lowest BCUT2D eigenvalue weighted by Crippen LogP contribution is -2.53. The highest BCUT2D eigenvalue weighted by molar-refractivity contribution is 5.86. The molecule has 0 N–H and O–H groups in total. The van der Waals surface area contributed by atoms with Gasteiger partial charge in [-0.3, -0.25) is 14.4 Å². The van der Waals surface area contributed by atoms with E-state index in [9.17, 15) is 19.2 Å². The van der Waals surface area contributed by atoms with Gasteiger partial charge in [-0.25, -0.2) is 4.79 Å². The third-order valence-corrected chi connectivity index (χ3v) is 6.13. The van der Waals surface area contributed by atoms with Crippen LogP contribution in [-0.2, 0) is 44.5 Å². The summed E-state index contributed by atoms with van der Waals surface area (Å²) in [7, 11) is 1.21. The van der Waals surface area contributed by atoms with Crippen LogP contribution in [0.1, 0.15) is 84.1 Å². The van der Waals surface area contributed by atoms with Crippen LogP contribution in [0.15, 0.2) is 42.0 Å². The fourth-order valence-corrected chi connectivity index (χ4v) is 4.42. The van der Waals surface area contributed by atoms with E-state index in [0.29, 0.717) is 37.7 Å². The van der Waals surface area contributed by atoms with E-state index < -0.39 is 41.7 Å². The molecule has 2 rings (SSSR count). The van der Waals surface area contributed by atoms with Gasteiger partial charge < -0.3 is 18.9 Å². The van der Waals surface area contributed by atoms with Crippen molar-refractivity contribution in [2.75, 3.05) is 7.11 Å². The number of carbonyl (C=O) groups is 4. The Bertz CT molecular complexity index is 938. The largest absolute Gasteiger partial charge is 0.466 e. The average Bonchev–Trinajstić information content (AvgIpc) is 2.86. The molecule has 0 radical (unpaired) electrons. The number of rotatable bonds is 14.